The van der Waals surface area contributed by atoms with Gasteiger partial charge in [-0.15, -0.1) is 11.3 Å². The van der Waals surface area contributed by atoms with E-state index in [0.29, 0.717) is 12.1 Å². The third-order valence-electron chi connectivity index (χ3n) is 4.24. The molecule has 8 heteroatoms. The molecule has 0 aromatic carbocycles. The Labute approximate surface area is 145 Å². The maximum atomic E-state index is 12.3. The van der Waals surface area contributed by atoms with E-state index in [-0.39, 0.29) is 18.0 Å². The zero-order chi connectivity index (χ0) is 17.1. The summed E-state index contributed by atoms with van der Waals surface area (Å²) < 4.78 is 1.75. The molecule has 1 amide bonds. The number of carbonyl (C=O) groups excluding carboxylic acids is 1. The lowest BCUT2D eigenvalue weighted by Crippen LogP contribution is -2.53. The van der Waals surface area contributed by atoms with Gasteiger partial charge in [-0.25, -0.2) is 4.98 Å². The van der Waals surface area contributed by atoms with Crippen molar-refractivity contribution in [1.29, 1.82) is 0 Å². The van der Waals surface area contributed by atoms with Gasteiger partial charge in [0, 0.05) is 37.3 Å². The summed E-state index contributed by atoms with van der Waals surface area (Å²) in [7, 11) is 0. The number of amides is 1. The van der Waals surface area contributed by atoms with Gasteiger partial charge in [0.05, 0.1) is 35.1 Å². The van der Waals surface area contributed by atoms with E-state index in [2.05, 4.69) is 20.3 Å². The fraction of sp³-hybridized carbons (Fsp3) is 0.562. The van der Waals surface area contributed by atoms with Crippen LogP contribution in [0.2, 0.25) is 0 Å². The SMILES string of the molecule is CC(C)n1cc(C(=O)NC2CCN(Cc3cscn3)CC2O)cn1. The summed E-state index contributed by atoms with van der Waals surface area (Å²) in [4.78, 5) is 18.8. The normalized spacial score (nSPS) is 22.0. The molecule has 0 saturated carbocycles. The predicted octanol–water partition coefficient (Wildman–Crippen LogP) is 1.29. The van der Waals surface area contributed by atoms with Gasteiger partial charge in [0.15, 0.2) is 0 Å². The molecule has 0 aliphatic carbocycles. The lowest BCUT2D eigenvalue weighted by atomic mass is 10.0. The highest BCUT2D eigenvalue weighted by atomic mass is 32.1. The van der Waals surface area contributed by atoms with Gasteiger partial charge in [0.25, 0.3) is 5.91 Å². The van der Waals surface area contributed by atoms with Crippen LogP contribution in [-0.4, -0.2) is 55.9 Å². The average molecular weight is 349 g/mol. The number of likely N-dealkylation sites (tertiary alicyclic amines) is 1. The molecule has 0 radical (unpaired) electrons. The Kier molecular flexibility index (Phi) is 5.27. The minimum Gasteiger partial charge on any atom is -0.390 e. The number of thiazole rings is 1. The summed E-state index contributed by atoms with van der Waals surface area (Å²) in [5.41, 5.74) is 3.37. The van der Waals surface area contributed by atoms with E-state index in [1.54, 1.807) is 28.4 Å². The highest BCUT2D eigenvalue weighted by molar-refractivity contribution is 7.07. The van der Waals surface area contributed by atoms with Gasteiger partial charge in [-0.3, -0.25) is 14.4 Å². The molecular weight excluding hydrogens is 326 g/mol. The van der Waals surface area contributed by atoms with Crippen LogP contribution in [0.3, 0.4) is 0 Å². The van der Waals surface area contributed by atoms with Crippen LogP contribution in [0.15, 0.2) is 23.3 Å². The van der Waals surface area contributed by atoms with E-state index in [0.717, 1.165) is 25.2 Å². The molecule has 0 spiro atoms. The monoisotopic (exact) mass is 349 g/mol. The summed E-state index contributed by atoms with van der Waals surface area (Å²) in [5, 5.41) is 19.5. The Hall–Kier alpha value is -1.77. The van der Waals surface area contributed by atoms with Crippen molar-refractivity contribution in [2.45, 2.75) is 45.0 Å². The number of hydrogen-bond acceptors (Lipinski definition) is 6. The van der Waals surface area contributed by atoms with Crippen molar-refractivity contribution in [2.24, 2.45) is 0 Å². The molecule has 130 valence electrons. The first-order valence-electron chi connectivity index (χ1n) is 8.15. The summed E-state index contributed by atoms with van der Waals surface area (Å²) in [5.74, 6) is -0.182. The van der Waals surface area contributed by atoms with E-state index in [1.165, 1.54) is 0 Å². The van der Waals surface area contributed by atoms with Crippen LogP contribution in [0, 0.1) is 0 Å². The number of aliphatic hydroxyl groups is 1. The molecular formula is C16H23N5O2S. The van der Waals surface area contributed by atoms with Crippen LogP contribution in [-0.2, 0) is 6.54 Å². The van der Waals surface area contributed by atoms with Crippen molar-refractivity contribution in [2.75, 3.05) is 13.1 Å². The maximum absolute atomic E-state index is 12.3. The molecule has 1 fully saturated rings. The van der Waals surface area contributed by atoms with Gasteiger partial charge in [-0.1, -0.05) is 0 Å². The molecule has 2 N–H and O–H groups in total. The number of aromatic nitrogens is 3. The zero-order valence-electron chi connectivity index (χ0n) is 13.9. The van der Waals surface area contributed by atoms with E-state index in [1.807, 2.05) is 24.7 Å². The molecule has 1 aliphatic heterocycles. The fourth-order valence-electron chi connectivity index (χ4n) is 2.84. The fourth-order valence-corrected chi connectivity index (χ4v) is 3.39. The Morgan fingerprint density at radius 3 is 3.00 bits per heavy atom. The van der Waals surface area contributed by atoms with Crippen LogP contribution in [0.1, 0.15) is 42.4 Å². The molecule has 3 rings (SSSR count). The van der Waals surface area contributed by atoms with Crippen molar-refractivity contribution < 1.29 is 9.90 Å². The van der Waals surface area contributed by atoms with Gasteiger partial charge in [-0.2, -0.15) is 5.10 Å². The van der Waals surface area contributed by atoms with Gasteiger partial charge in [-0.05, 0) is 20.3 Å². The summed E-state index contributed by atoms with van der Waals surface area (Å²) >= 11 is 1.57. The molecule has 2 atom stereocenters. The van der Waals surface area contributed by atoms with E-state index in [9.17, 15) is 9.90 Å². The first-order valence-corrected chi connectivity index (χ1v) is 9.09. The maximum Gasteiger partial charge on any atom is 0.254 e. The Morgan fingerprint density at radius 2 is 2.38 bits per heavy atom. The number of aliphatic hydroxyl groups excluding tert-OH is 1. The Bertz CT molecular complexity index is 670. The summed E-state index contributed by atoms with van der Waals surface area (Å²) in [6.45, 7) is 6.12. The first kappa shape index (κ1) is 17.1. The van der Waals surface area contributed by atoms with Crippen LogP contribution >= 0.6 is 11.3 Å². The highest BCUT2D eigenvalue weighted by Gasteiger charge is 2.29. The van der Waals surface area contributed by atoms with Crippen molar-refractivity contribution in [3.8, 4) is 0 Å². The summed E-state index contributed by atoms with van der Waals surface area (Å²) in [6, 6.07) is -0.0160. The van der Waals surface area contributed by atoms with Crippen LogP contribution < -0.4 is 5.32 Å². The molecule has 24 heavy (non-hydrogen) atoms. The van der Waals surface area contributed by atoms with Crippen LogP contribution in [0.5, 0.6) is 0 Å². The quantitative estimate of drug-likeness (QED) is 0.850. The number of nitrogens with zero attached hydrogens (tertiary/aromatic N) is 4. The lowest BCUT2D eigenvalue weighted by molar-refractivity contribution is 0.0346. The van der Waals surface area contributed by atoms with Crippen molar-refractivity contribution >= 4 is 17.2 Å². The van der Waals surface area contributed by atoms with Crippen molar-refractivity contribution in [1.82, 2.24) is 25.0 Å². The van der Waals surface area contributed by atoms with Crippen molar-refractivity contribution in [3.05, 3.63) is 34.5 Å². The van der Waals surface area contributed by atoms with Gasteiger partial charge in [0.2, 0.25) is 0 Å². The number of β-amino-alcohol motifs (C(OH)–C–C–N with tert-alkyl or cyclic N) is 1. The molecule has 2 aromatic heterocycles. The second kappa shape index (κ2) is 7.42. The highest BCUT2D eigenvalue weighted by Crippen LogP contribution is 2.15. The first-order chi connectivity index (χ1) is 11.5. The minimum absolute atomic E-state index is 0.182. The van der Waals surface area contributed by atoms with Crippen LogP contribution in [0.25, 0.3) is 0 Å². The molecule has 2 unspecified atom stereocenters. The van der Waals surface area contributed by atoms with Gasteiger partial charge >= 0.3 is 0 Å². The number of nitrogens with one attached hydrogen (secondary N) is 1. The average Bonchev–Trinajstić information content (AvgIpc) is 3.21. The zero-order valence-corrected chi connectivity index (χ0v) is 14.7. The Balaban J connectivity index is 1.53. The number of hydrogen-bond donors (Lipinski definition) is 2. The third kappa shape index (κ3) is 4.00. The second-order valence-electron chi connectivity index (χ2n) is 6.45. The largest absolute Gasteiger partial charge is 0.390 e. The number of rotatable bonds is 5. The van der Waals surface area contributed by atoms with Crippen molar-refractivity contribution in [3.63, 3.8) is 0 Å². The molecule has 2 aromatic rings. The number of carbonyl (C=O) groups is 1. The molecule has 1 saturated heterocycles. The van der Waals surface area contributed by atoms with E-state index >= 15 is 0 Å². The van der Waals surface area contributed by atoms with Crippen LogP contribution in [0.4, 0.5) is 0 Å². The van der Waals surface area contributed by atoms with E-state index in [4.69, 9.17) is 0 Å². The molecule has 1 aliphatic rings. The topological polar surface area (TPSA) is 83.3 Å². The minimum atomic E-state index is -0.582. The molecule has 3 heterocycles. The van der Waals surface area contributed by atoms with Gasteiger partial charge < -0.3 is 10.4 Å². The number of piperidine rings is 1. The summed E-state index contributed by atoms with van der Waals surface area (Å²) in [6.07, 6.45) is 3.44. The smallest absolute Gasteiger partial charge is 0.254 e. The molecule has 7 nitrogen and oxygen atoms in total. The van der Waals surface area contributed by atoms with E-state index < -0.39 is 6.10 Å². The third-order valence-corrected chi connectivity index (χ3v) is 4.88. The standard InChI is InChI=1S/C16H23N5O2S/c1-11(2)21-6-12(5-18-21)16(23)19-14-3-4-20(8-15(14)22)7-13-9-24-10-17-13/h5-6,9-11,14-15,22H,3-4,7-8H2,1-2H3,(H,19,23). The second-order valence-corrected chi connectivity index (χ2v) is 7.17. The van der Waals surface area contributed by atoms with Gasteiger partial charge in [0.1, 0.15) is 0 Å². The Morgan fingerprint density at radius 1 is 1.54 bits per heavy atom. The molecule has 0 bridgehead atoms. The lowest BCUT2D eigenvalue weighted by Gasteiger charge is -2.35. The predicted molar refractivity (Wildman–Crippen MR) is 91.9 cm³/mol.